The van der Waals surface area contributed by atoms with Crippen LogP contribution < -0.4 is 0 Å². The van der Waals surface area contributed by atoms with Gasteiger partial charge in [-0.05, 0) is 30.9 Å². The summed E-state index contributed by atoms with van der Waals surface area (Å²) in [4.78, 5) is 29.0. The highest BCUT2D eigenvalue weighted by molar-refractivity contribution is 7.15. The first-order valence-corrected chi connectivity index (χ1v) is 11.7. The number of likely N-dealkylation sites (tertiary alicyclic amines) is 1. The van der Waals surface area contributed by atoms with Crippen molar-refractivity contribution in [3.8, 4) is 33.0 Å². The number of hydrogen-bond donors (Lipinski definition) is 0. The molecule has 0 saturated carbocycles. The predicted molar refractivity (Wildman–Crippen MR) is 125 cm³/mol. The molecule has 0 N–H and O–H groups in total. The minimum atomic E-state index is 0.121. The first-order valence-electron chi connectivity index (χ1n) is 10.9. The molecular weight excluding hydrogens is 420 g/mol. The van der Waals surface area contributed by atoms with Gasteiger partial charge in [-0.2, -0.15) is 5.10 Å². The molecule has 0 atom stereocenters. The second-order valence-electron chi connectivity index (χ2n) is 7.86. The van der Waals surface area contributed by atoms with Crippen LogP contribution in [0.15, 0.2) is 55.2 Å². The number of benzene rings is 1. The van der Waals surface area contributed by atoms with Gasteiger partial charge in [-0.3, -0.25) is 9.48 Å². The summed E-state index contributed by atoms with van der Waals surface area (Å²) in [6.45, 7) is 4.09. The number of aryl methyl sites for hydroxylation is 1. The van der Waals surface area contributed by atoms with Crippen LogP contribution in [0.5, 0.6) is 0 Å². The smallest absolute Gasteiger partial charge is 0.244 e. The number of rotatable bonds is 6. The first-order chi connectivity index (χ1) is 15.7. The molecule has 0 aliphatic carbocycles. The Bertz CT molecular complexity index is 1220. The molecule has 0 unspecified atom stereocenters. The molecule has 162 valence electrons. The average molecular weight is 445 g/mol. The molecule has 4 aromatic rings. The monoisotopic (exact) mass is 444 g/mol. The van der Waals surface area contributed by atoms with E-state index in [0.717, 1.165) is 64.5 Å². The van der Waals surface area contributed by atoms with Crippen molar-refractivity contribution >= 4 is 17.2 Å². The zero-order valence-electron chi connectivity index (χ0n) is 17.9. The zero-order chi connectivity index (χ0) is 21.9. The summed E-state index contributed by atoms with van der Waals surface area (Å²) in [6.07, 6.45) is 12.3. The van der Waals surface area contributed by atoms with Gasteiger partial charge in [0.1, 0.15) is 6.54 Å². The lowest BCUT2D eigenvalue weighted by molar-refractivity contribution is -0.130. The standard InChI is InChI=1S/C24H24N6OS/c1-2-22-25-14-21(32-22)17-6-5-7-18(10-17)24-26-11-19(12-27-24)20-13-28-30(15-20)16-23(31)29-8-3-4-9-29/h5-7,10-15H,2-4,8-9,16H2,1H3. The van der Waals surface area contributed by atoms with E-state index >= 15 is 0 Å². The Morgan fingerprint density at radius 2 is 1.75 bits per heavy atom. The van der Waals surface area contributed by atoms with E-state index in [1.54, 1.807) is 34.6 Å². The second kappa shape index (κ2) is 9.00. The number of nitrogens with zero attached hydrogens (tertiary/aromatic N) is 6. The highest BCUT2D eigenvalue weighted by Crippen LogP contribution is 2.29. The van der Waals surface area contributed by atoms with Gasteiger partial charge in [0.05, 0.1) is 16.1 Å². The van der Waals surface area contributed by atoms with Crippen molar-refractivity contribution < 1.29 is 4.79 Å². The third-order valence-corrected chi connectivity index (χ3v) is 6.83. The molecule has 0 radical (unpaired) electrons. The lowest BCUT2D eigenvalue weighted by atomic mass is 10.1. The number of thiazole rings is 1. The lowest BCUT2D eigenvalue weighted by Gasteiger charge is -2.14. The van der Waals surface area contributed by atoms with E-state index in [0.29, 0.717) is 5.82 Å². The van der Waals surface area contributed by atoms with Gasteiger partial charge in [-0.1, -0.05) is 25.1 Å². The molecule has 0 spiro atoms. The molecule has 1 aliphatic heterocycles. The van der Waals surface area contributed by atoms with Crippen LogP contribution in [0.25, 0.3) is 33.0 Å². The van der Waals surface area contributed by atoms with Crippen LogP contribution in [-0.4, -0.2) is 48.6 Å². The van der Waals surface area contributed by atoms with E-state index in [2.05, 4.69) is 39.1 Å². The molecule has 7 nitrogen and oxygen atoms in total. The van der Waals surface area contributed by atoms with Crippen LogP contribution >= 0.6 is 11.3 Å². The number of hydrogen-bond acceptors (Lipinski definition) is 6. The van der Waals surface area contributed by atoms with Gasteiger partial charge in [0.15, 0.2) is 5.82 Å². The Hall–Kier alpha value is -3.39. The maximum Gasteiger partial charge on any atom is 0.244 e. The maximum absolute atomic E-state index is 12.3. The van der Waals surface area contributed by atoms with Crippen molar-refractivity contribution in [2.75, 3.05) is 13.1 Å². The summed E-state index contributed by atoms with van der Waals surface area (Å²) < 4.78 is 1.69. The Morgan fingerprint density at radius 3 is 2.50 bits per heavy atom. The van der Waals surface area contributed by atoms with E-state index < -0.39 is 0 Å². The summed E-state index contributed by atoms with van der Waals surface area (Å²) in [5, 5.41) is 5.48. The topological polar surface area (TPSA) is 76.8 Å². The molecule has 8 heteroatoms. The van der Waals surface area contributed by atoms with E-state index in [4.69, 9.17) is 0 Å². The van der Waals surface area contributed by atoms with Gasteiger partial charge in [0, 0.05) is 54.6 Å². The van der Waals surface area contributed by atoms with Crippen LogP contribution in [-0.2, 0) is 17.8 Å². The fourth-order valence-electron chi connectivity index (χ4n) is 3.85. The van der Waals surface area contributed by atoms with Crippen molar-refractivity contribution in [1.29, 1.82) is 0 Å². The van der Waals surface area contributed by atoms with Gasteiger partial charge in [-0.15, -0.1) is 11.3 Å². The molecule has 1 amide bonds. The predicted octanol–water partition coefficient (Wildman–Crippen LogP) is 4.32. The summed E-state index contributed by atoms with van der Waals surface area (Å²) in [7, 11) is 0. The number of carbonyl (C=O) groups is 1. The lowest BCUT2D eigenvalue weighted by Crippen LogP contribution is -2.31. The van der Waals surface area contributed by atoms with Gasteiger partial charge in [-0.25, -0.2) is 15.0 Å². The molecular formula is C24H24N6OS. The third kappa shape index (κ3) is 4.31. The molecule has 4 heterocycles. The van der Waals surface area contributed by atoms with Crippen molar-refractivity contribution in [3.63, 3.8) is 0 Å². The summed E-state index contributed by atoms with van der Waals surface area (Å²) in [6, 6.07) is 8.23. The first kappa shape index (κ1) is 20.5. The van der Waals surface area contributed by atoms with Crippen molar-refractivity contribution in [2.24, 2.45) is 0 Å². The highest BCUT2D eigenvalue weighted by atomic mass is 32.1. The van der Waals surface area contributed by atoms with Gasteiger partial charge < -0.3 is 4.90 Å². The van der Waals surface area contributed by atoms with E-state index in [1.165, 1.54) is 0 Å². The number of amides is 1. The molecule has 5 rings (SSSR count). The molecule has 32 heavy (non-hydrogen) atoms. The van der Waals surface area contributed by atoms with Crippen molar-refractivity contribution in [3.05, 3.63) is 60.3 Å². The Labute approximate surface area is 190 Å². The van der Waals surface area contributed by atoms with Gasteiger partial charge in [0.25, 0.3) is 0 Å². The summed E-state index contributed by atoms with van der Waals surface area (Å²) in [5.74, 6) is 0.795. The molecule has 3 aromatic heterocycles. The number of carbonyl (C=O) groups excluding carboxylic acids is 1. The largest absolute Gasteiger partial charge is 0.341 e. The van der Waals surface area contributed by atoms with Gasteiger partial charge in [0.2, 0.25) is 5.91 Å². The van der Waals surface area contributed by atoms with Crippen molar-refractivity contribution in [2.45, 2.75) is 32.7 Å². The molecule has 1 aromatic carbocycles. The average Bonchev–Trinajstić information content (AvgIpc) is 3.61. The Balaban J connectivity index is 1.31. The second-order valence-corrected chi connectivity index (χ2v) is 8.98. The van der Waals surface area contributed by atoms with Crippen LogP contribution in [0.1, 0.15) is 24.8 Å². The van der Waals surface area contributed by atoms with Crippen LogP contribution in [0.2, 0.25) is 0 Å². The Kier molecular flexibility index (Phi) is 5.77. The van der Waals surface area contributed by atoms with Crippen molar-refractivity contribution in [1.82, 2.24) is 29.6 Å². The summed E-state index contributed by atoms with van der Waals surface area (Å²) >= 11 is 1.72. The minimum absolute atomic E-state index is 0.121. The van der Waals surface area contributed by atoms with Crippen LogP contribution in [0.3, 0.4) is 0 Å². The molecule has 0 bridgehead atoms. The normalized spacial score (nSPS) is 13.6. The molecule has 1 fully saturated rings. The maximum atomic E-state index is 12.3. The minimum Gasteiger partial charge on any atom is -0.341 e. The number of aromatic nitrogens is 5. The quantitative estimate of drug-likeness (QED) is 0.443. The fourth-order valence-corrected chi connectivity index (χ4v) is 4.70. The van der Waals surface area contributed by atoms with Crippen LogP contribution in [0, 0.1) is 0 Å². The Morgan fingerprint density at radius 1 is 0.969 bits per heavy atom. The van der Waals surface area contributed by atoms with E-state index in [9.17, 15) is 4.79 Å². The SMILES string of the molecule is CCc1ncc(-c2cccc(-c3ncc(-c4cnn(CC(=O)N5CCCC5)c4)cn3)c2)s1. The molecule has 1 saturated heterocycles. The summed E-state index contributed by atoms with van der Waals surface area (Å²) in [5.41, 5.74) is 3.86. The van der Waals surface area contributed by atoms with Gasteiger partial charge >= 0.3 is 0 Å². The van der Waals surface area contributed by atoms with Crippen LogP contribution in [0.4, 0.5) is 0 Å². The van der Waals surface area contributed by atoms with E-state index in [-0.39, 0.29) is 12.5 Å². The third-order valence-electron chi connectivity index (χ3n) is 5.64. The molecule has 1 aliphatic rings. The highest BCUT2D eigenvalue weighted by Gasteiger charge is 2.18. The van der Waals surface area contributed by atoms with E-state index in [1.807, 2.05) is 29.4 Å². The fraction of sp³-hybridized carbons (Fsp3) is 0.292. The zero-order valence-corrected chi connectivity index (χ0v) is 18.8.